The van der Waals surface area contributed by atoms with E-state index >= 15 is 0 Å². The average Bonchev–Trinajstić information content (AvgIpc) is 2.85. The second kappa shape index (κ2) is 10.1. The second-order valence-corrected chi connectivity index (χ2v) is 7.87. The third-order valence-corrected chi connectivity index (χ3v) is 5.24. The van der Waals surface area contributed by atoms with Crippen LogP contribution >= 0.6 is 0 Å². The summed E-state index contributed by atoms with van der Waals surface area (Å²) < 4.78 is 0. The minimum absolute atomic E-state index is 0.230. The first-order valence-electron chi connectivity index (χ1n) is 10.7. The topological polar surface area (TPSA) is 101 Å². The summed E-state index contributed by atoms with van der Waals surface area (Å²) in [7, 11) is 0. The number of pyridine rings is 2. The maximum Gasteiger partial charge on any atom is 0.251 e. The zero-order valence-corrected chi connectivity index (χ0v) is 18.6. The molecule has 0 unspecified atom stereocenters. The summed E-state index contributed by atoms with van der Waals surface area (Å²) in [5.74, 6) is 0.481. The van der Waals surface area contributed by atoms with E-state index in [9.17, 15) is 9.90 Å². The zero-order valence-electron chi connectivity index (χ0n) is 18.6. The molecular formula is C26H25N5O2. The smallest absolute Gasteiger partial charge is 0.251 e. The van der Waals surface area contributed by atoms with Gasteiger partial charge in [-0.1, -0.05) is 12.1 Å². The quantitative estimate of drug-likeness (QED) is 0.456. The summed E-state index contributed by atoms with van der Waals surface area (Å²) in [6, 6.07) is 14.6. The third-order valence-electron chi connectivity index (χ3n) is 5.24. The number of benzene rings is 1. The van der Waals surface area contributed by atoms with Crippen LogP contribution in [0.15, 0.2) is 73.3 Å². The number of hydrogen-bond acceptors (Lipinski definition) is 6. The number of hydrogen-bond donors (Lipinski definition) is 2. The molecule has 33 heavy (non-hydrogen) atoms. The minimum Gasteiger partial charge on any atom is -0.382 e. The van der Waals surface area contributed by atoms with E-state index in [4.69, 9.17) is 0 Å². The van der Waals surface area contributed by atoms with Gasteiger partial charge >= 0.3 is 0 Å². The lowest BCUT2D eigenvalue weighted by molar-refractivity contribution is 0.0954. The lowest BCUT2D eigenvalue weighted by atomic mass is 9.97. The van der Waals surface area contributed by atoms with Crippen molar-refractivity contribution in [2.45, 2.75) is 26.4 Å². The van der Waals surface area contributed by atoms with Gasteiger partial charge in [0.25, 0.3) is 5.91 Å². The Morgan fingerprint density at radius 1 is 0.970 bits per heavy atom. The van der Waals surface area contributed by atoms with Crippen molar-refractivity contribution in [2.75, 3.05) is 6.54 Å². The van der Waals surface area contributed by atoms with Crippen LogP contribution in [0.25, 0.3) is 11.3 Å². The van der Waals surface area contributed by atoms with E-state index in [0.29, 0.717) is 35.6 Å². The van der Waals surface area contributed by atoms with Crippen LogP contribution in [0.2, 0.25) is 0 Å². The standard InChI is InChI=1S/C26H25N5O2/c1-17-6-7-23(31-14-17)20-11-21(25(32)24-5-3-4-9-27-24)13-22(12-20)26(33)28-10-8-19-15-29-18(2)30-16-19/h3-7,9,11-16,25,32H,8,10H2,1-2H3,(H,28,33)/t25-/m1/s1. The Hall–Kier alpha value is -3.97. The molecule has 1 amide bonds. The van der Waals surface area contributed by atoms with Crippen molar-refractivity contribution in [3.8, 4) is 11.3 Å². The number of nitrogens with one attached hydrogen (secondary N) is 1. The first kappa shape index (κ1) is 22.2. The minimum atomic E-state index is -0.965. The Bertz CT molecular complexity index is 1230. The summed E-state index contributed by atoms with van der Waals surface area (Å²) in [6.07, 6.45) is 6.59. The van der Waals surface area contributed by atoms with Gasteiger partial charge in [-0.05, 0) is 73.4 Å². The van der Waals surface area contributed by atoms with E-state index in [2.05, 4.69) is 25.3 Å². The zero-order chi connectivity index (χ0) is 23.2. The molecule has 0 bridgehead atoms. The van der Waals surface area contributed by atoms with Gasteiger partial charge in [0.1, 0.15) is 11.9 Å². The Morgan fingerprint density at radius 3 is 2.48 bits per heavy atom. The fourth-order valence-electron chi connectivity index (χ4n) is 3.41. The van der Waals surface area contributed by atoms with Gasteiger partial charge in [-0.25, -0.2) is 9.97 Å². The molecule has 0 radical (unpaired) electrons. The van der Waals surface area contributed by atoms with Gasteiger partial charge in [-0.2, -0.15) is 0 Å². The summed E-state index contributed by atoms with van der Waals surface area (Å²) in [5, 5.41) is 13.9. The fourth-order valence-corrected chi connectivity index (χ4v) is 3.41. The van der Waals surface area contributed by atoms with Crippen LogP contribution in [-0.2, 0) is 6.42 Å². The predicted molar refractivity (Wildman–Crippen MR) is 126 cm³/mol. The number of nitrogens with zero attached hydrogens (tertiary/aromatic N) is 4. The number of aliphatic hydroxyl groups is 1. The Balaban J connectivity index is 1.60. The van der Waals surface area contributed by atoms with E-state index in [1.54, 1.807) is 49.1 Å². The largest absolute Gasteiger partial charge is 0.382 e. The van der Waals surface area contributed by atoms with Crippen molar-refractivity contribution < 1.29 is 9.90 Å². The SMILES string of the molecule is Cc1ccc(-c2cc(C(=O)NCCc3cnc(C)nc3)cc([C@@H](O)c3ccccn3)c2)nc1. The van der Waals surface area contributed by atoms with Crippen molar-refractivity contribution in [2.24, 2.45) is 0 Å². The monoisotopic (exact) mass is 439 g/mol. The second-order valence-electron chi connectivity index (χ2n) is 7.87. The molecule has 7 nitrogen and oxygen atoms in total. The number of aliphatic hydroxyl groups excluding tert-OH is 1. The molecule has 3 aromatic heterocycles. The molecule has 1 atom stereocenters. The molecule has 0 spiro atoms. The summed E-state index contributed by atoms with van der Waals surface area (Å²) in [4.78, 5) is 30.1. The molecule has 7 heteroatoms. The lowest BCUT2D eigenvalue weighted by Gasteiger charge is -2.15. The molecule has 166 valence electrons. The fraction of sp³-hybridized carbons (Fsp3) is 0.192. The Kier molecular flexibility index (Phi) is 6.80. The molecule has 4 aromatic rings. The van der Waals surface area contributed by atoms with Gasteiger partial charge in [0.2, 0.25) is 0 Å². The van der Waals surface area contributed by atoms with Crippen molar-refractivity contribution in [3.05, 3.63) is 107 Å². The normalized spacial score (nSPS) is 11.7. The van der Waals surface area contributed by atoms with Gasteiger partial charge in [0.15, 0.2) is 0 Å². The van der Waals surface area contributed by atoms with E-state index in [1.165, 1.54) is 0 Å². The first-order chi connectivity index (χ1) is 16.0. The maximum atomic E-state index is 13.0. The van der Waals surface area contributed by atoms with Gasteiger partial charge in [0, 0.05) is 42.5 Å². The van der Waals surface area contributed by atoms with Crippen LogP contribution in [0.4, 0.5) is 0 Å². The molecule has 4 rings (SSSR count). The highest BCUT2D eigenvalue weighted by molar-refractivity contribution is 5.95. The van der Waals surface area contributed by atoms with Crippen LogP contribution in [-0.4, -0.2) is 37.5 Å². The van der Waals surface area contributed by atoms with Crippen LogP contribution in [0.1, 0.15) is 44.7 Å². The maximum absolute atomic E-state index is 13.0. The van der Waals surface area contributed by atoms with Crippen LogP contribution in [0.3, 0.4) is 0 Å². The van der Waals surface area contributed by atoms with E-state index in [-0.39, 0.29) is 5.91 Å². The van der Waals surface area contributed by atoms with E-state index < -0.39 is 6.10 Å². The molecule has 0 aliphatic rings. The van der Waals surface area contributed by atoms with Gasteiger partial charge in [-0.15, -0.1) is 0 Å². The molecule has 0 aliphatic heterocycles. The molecule has 0 saturated carbocycles. The highest BCUT2D eigenvalue weighted by atomic mass is 16.3. The van der Waals surface area contributed by atoms with Crippen molar-refractivity contribution in [1.82, 2.24) is 25.3 Å². The van der Waals surface area contributed by atoms with Crippen molar-refractivity contribution in [3.63, 3.8) is 0 Å². The molecular weight excluding hydrogens is 414 g/mol. The highest BCUT2D eigenvalue weighted by Crippen LogP contribution is 2.27. The summed E-state index contributed by atoms with van der Waals surface area (Å²) >= 11 is 0. The Labute approximate surface area is 192 Å². The van der Waals surface area contributed by atoms with E-state index in [0.717, 1.165) is 22.4 Å². The van der Waals surface area contributed by atoms with Crippen LogP contribution in [0.5, 0.6) is 0 Å². The highest BCUT2D eigenvalue weighted by Gasteiger charge is 2.17. The van der Waals surface area contributed by atoms with Crippen molar-refractivity contribution in [1.29, 1.82) is 0 Å². The Morgan fingerprint density at radius 2 is 1.79 bits per heavy atom. The van der Waals surface area contributed by atoms with Crippen LogP contribution < -0.4 is 5.32 Å². The lowest BCUT2D eigenvalue weighted by Crippen LogP contribution is -2.26. The predicted octanol–water partition coefficient (Wildman–Crippen LogP) is 3.60. The molecule has 0 saturated heterocycles. The molecule has 0 aliphatic carbocycles. The molecule has 3 heterocycles. The molecule has 1 aromatic carbocycles. The third kappa shape index (κ3) is 5.64. The van der Waals surface area contributed by atoms with E-state index in [1.807, 2.05) is 38.1 Å². The molecule has 2 N–H and O–H groups in total. The number of amides is 1. The van der Waals surface area contributed by atoms with Gasteiger partial charge < -0.3 is 10.4 Å². The first-order valence-corrected chi connectivity index (χ1v) is 10.7. The number of aromatic nitrogens is 4. The number of aryl methyl sites for hydroxylation is 2. The van der Waals surface area contributed by atoms with Gasteiger partial charge in [0.05, 0.1) is 11.4 Å². The average molecular weight is 440 g/mol. The summed E-state index contributed by atoms with van der Waals surface area (Å²) in [5.41, 5.74) is 5.00. The molecule has 0 fully saturated rings. The van der Waals surface area contributed by atoms with Gasteiger partial charge in [-0.3, -0.25) is 14.8 Å². The number of rotatable bonds is 7. The number of carbonyl (C=O) groups is 1. The number of carbonyl (C=O) groups excluding carboxylic acids is 1. The van der Waals surface area contributed by atoms with Crippen LogP contribution in [0, 0.1) is 13.8 Å². The van der Waals surface area contributed by atoms with Crippen molar-refractivity contribution >= 4 is 5.91 Å². The summed E-state index contributed by atoms with van der Waals surface area (Å²) in [6.45, 7) is 4.24.